The first-order valence-corrected chi connectivity index (χ1v) is 5.37. The fourth-order valence-corrected chi connectivity index (χ4v) is 1.15. The van der Waals surface area contributed by atoms with Gasteiger partial charge < -0.3 is 4.74 Å². The van der Waals surface area contributed by atoms with Crippen LogP contribution in [0.15, 0.2) is 18.2 Å². The molecular weight excluding hydrogens is 230 g/mol. The van der Waals surface area contributed by atoms with Crippen molar-refractivity contribution in [1.82, 2.24) is 4.98 Å². The number of aromatic nitrogens is 1. The summed E-state index contributed by atoms with van der Waals surface area (Å²) in [5, 5.41) is -0.691. The molecule has 1 aromatic heterocycles. The first-order valence-electron chi connectivity index (χ1n) is 4.99. The van der Waals surface area contributed by atoms with Gasteiger partial charge in [-0.3, -0.25) is 4.79 Å². The number of nitrogens with zero attached hydrogens (tertiary/aromatic N) is 1. The van der Waals surface area contributed by atoms with Crippen LogP contribution in [0, 0.1) is 0 Å². The number of hydrogen-bond donors (Lipinski definition) is 0. The molecule has 86 valence electrons. The van der Waals surface area contributed by atoms with Crippen molar-refractivity contribution in [1.29, 1.82) is 0 Å². The Bertz CT molecular complexity index is 393. The SMILES string of the molecule is CCCCOC(=O)c1cccc(C(=O)Cl)n1. The molecular formula is C11H12ClNO3. The Labute approximate surface area is 98.6 Å². The van der Waals surface area contributed by atoms with E-state index in [0.29, 0.717) is 6.61 Å². The van der Waals surface area contributed by atoms with E-state index in [-0.39, 0.29) is 11.4 Å². The highest BCUT2D eigenvalue weighted by molar-refractivity contribution is 6.67. The summed E-state index contributed by atoms with van der Waals surface area (Å²) in [6.07, 6.45) is 1.75. The van der Waals surface area contributed by atoms with E-state index < -0.39 is 11.2 Å². The molecule has 0 atom stereocenters. The number of carbonyl (C=O) groups excluding carboxylic acids is 2. The molecule has 0 N–H and O–H groups in total. The minimum Gasteiger partial charge on any atom is -0.461 e. The molecule has 0 unspecified atom stereocenters. The standard InChI is InChI=1S/C11H12ClNO3/c1-2-3-7-16-11(15)9-6-4-5-8(13-9)10(12)14/h4-6H,2-3,7H2,1H3. The van der Waals surface area contributed by atoms with Gasteiger partial charge in [-0.05, 0) is 30.2 Å². The second-order valence-electron chi connectivity index (χ2n) is 3.17. The summed E-state index contributed by atoms with van der Waals surface area (Å²) >= 11 is 5.25. The van der Waals surface area contributed by atoms with Gasteiger partial charge in [0.25, 0.3) is 5.24 Å². The molecule has 0 saturated carbocycles. The molecule has 0 aliphatic heterocycles. The number of ether oxygens (including phenoxy) is 1. The van der Waals surface area contributed by atoms with Crippen molar-refractivity contribution in [2.24, 2.45) is 0 Å². The highest BCUT2D eigenvalue weighted by atomic mass is 35.5. The van der Waals surface area contributed by atoms with Crippen molar-refractivity contribution in [2.45, 2.75) is 19.8 Å². The fourth-order valence-electron chi connectivity index (χ4n) is 1.04. The van der Waals surface area contributed by atoms with Gasteiger partial charge in [0.05, 0.1) is 6.61 Å². The highest BCUT2D eigenvalue weighted by Gasteiger charge is 2.11. The van der Waals surface area contributed by atoms with Gasteiger partial charge in [-0.1, -0.05) is 19.4 Å². The quantitative estimate of drug-likeness (QED) is 0.451. The van der Waals surface area contributed by atoms with Crippen LogP contribution in [0.5, 0.6) is 0 Å². The van der Waals surface area contributed by atoms with Gasteiger partial charge in [0.1, 0.15) is 11.4 Å². The number of rotatable bonds is 5. The van der Waals surface area contributed by atoms with Gasteiger partial charge in [-0.25, -0.2) is 9.78 Å². The van der Waals surface area contributed by atoms with Crippen LogP contribution < -0.4 is 0 Å². The van der Waals surface area contributed by atoms with Gasteiger partial charge in [0.2, 0.25) is 0 Å². The molecule has 0 aliphatic carbocycles. The maximum atomic E-state index is 11.5. The third-order valence-electron chi connectivity index (χ3n) is 1.89. The monoisotopic (exact) mass is 241 g/mol. The average molecular weight is 242 g/mol. The highest BCUT2D eigenvalue weighted by Crippen LogP contribution is 2.04. The molecule has 0 spiro atoms. The van der Waals surface area contributed by atoms with E-state index in [1.807, 2.05) is 6.92 Å². The van der Waals surface area contributed by atoms with E-state index in [1.54, 1.807) is 6.07 Å². The zero-order valence-corrected chi connectivity index (χ0v) is 9.66. The van der Waals surface area contributed by atoms with Crippen molar-refractivity contribution >= 4 is 22.8 Å². The lowest BCUT2D eigenvalue weighted by Crippen LogP contribution is -2.10. The summed E-state index contributed by atoms with van der Waals surface area (Å²) in [5.74, 6) is -0.534. The van der Waals surface area contributed by atoms with Gasteiger partial charge in [0.15, 0.2) is 0 Å². The molecule has 1 rings (SSSR count). The van der Waals surface area contributed by atoms with E-state index in [2.05, 4.69) is 4.98 Å². The van der Waals surface area contributed by atoms with E-state index in [9.17, 15) is 9.59 Å². The number of hydrogen-bond acceptors (Lipinski definition) is 4. The molecule has 1 heterocycles. The van der Waals surface area contributed by atoms with E-state index in [4.69, 9.17) is 16.3 Å². The zero-order valence-electron chi connectivity index (χ0n) is 8.90. The lowest BCUT2D eigenvalue weighted by atomic mass is 10.3. The summed E-state index contributed by atoms with van der Waals surface area (Å²) in [5.41, 5.74) is 0.147. The molecule has 0 aromatic carbocycles. The van der Waals surface area contributed by atoms with E-state index >= 15 is 0 Å². The van der Waals surface area contributed by atoms with Crippen LogP contribution in [-0.4, -0.2) is 22.8 Å². The van der Waals surface area contributed by atoms with E-state index in [0.717, 1.165) is 12.8 Å². The van der Waals surface area contributed by atoms with Gasteiger partial charge >= 0.3 is 5.97 Å². The number of unbranched alkanes of at least 4 members (excludes halogenated alkanes) is 1. The first kappa shape index (κ1) is 12.6. The summed E-state index contributed by atoms with van der Waals surface area (Å²) in [7, 11) is 0. The zero-order chi connectivity index (χ0) is 12.0. The maximum Gasteiger partial charge on any atom is 0.356 e. The Morgan fingerprint density at radius 1 is 1.38 bits per heavy atom. The van der Waals surface area contributed by atoms with Crippen LogP contribution in [0.25, 0.3) is 0 Å². The number of halogens is 1. The predicted molar refractivity (Wildman–Crippen MR) is 59.6 cm³/mol. The minimum atomic E-state index is -0.691. The molecule has 1 aromatic rings. The normalized spacial score (nSPS) is 9.88. The second kappa shape index (κ2) is 6.23. The molecule has 0 saturated heterocycles. The lowest BCUT2D eigenvalue weighted by Gasteiger charge is -2.03. The fraction of sp³-hybridized carbons (Fsp3) is 0.364. The van der Waals surface area contributed by atoms with Crippen molar-refractivity contribution in [2.75, 3.05) is 6.61 Å². The molecule has 0 bridgehead atoms. The molecule has 0 aliphatic rings. The molecule has 0 amide bonds. The topological polar surface area (TPSA) is 56.3 Å². The smallest absolute Gasteiger partial charge is 0.356 e. The van der Waals surface area contributed by atoms with Crippen molar-refractivity contribution in [3.63, 3.8) is 0 Å². The van der Waals surface area contributed by atoms with Crippen LogP contribution in [0.2, 0.25) is 0 Å². The molecule has 4 nitrogen and oxygen atoms in total. The largest absolute Gasteiger partial charge is 0.461 e. The lowest BCUT2D eigenvalue weighted by molar-refractivity contribution is 0.0493. The number of carbonyl (C=O) groups is 2. The predicted octanol–water partition coefficient (Wildman–Crippen LogP) is 2.42. The summed E-state index contributed by atoms with van der Waals surface area (Å²) in [6, 6.07) is 4.47. The van der Waals surface area contributed by atoms with Crippen LogP contribution in [-0.2, 0) is 4.74 Å². The Hall–Kier alpha value is -1.42. The van der Waals surface area contributed by atoms with Crippen LogP contribution >= 0.6 is 11.6 Å². The Morgan fingerprint density at radius 3 is 2.69 bits per heavy atom. The second-order valence-corrected chi connectivity index (χ2v) is 3.51. The van der Waals surface area contributed by atoms with Gasteiger partial charge in [0, 0.05) is 0 Å². The Morgan fingerprint density at radius 2 is 2.06 bits per heavy atom. The molecule has 16 heavy (non-hydrogen) atoms. The molecule has 0 radical (unpaired) electrons. The van der Waals surface area contributed by atoms with Gasteiger partial charge in [-0.15, -0.1) is 0 Å². The third kappa shape index (κ3) is 3.62. The van der Waals surface area contributed by atoms with Crippen molar-refractivity contribution in [3.8, 4) is 0 Å². The summed E-state index contributed by atoms with van der Waals surface area (Å²) in [6.45, 7) is 2.36. The number of esters is 1. The molecule has 0 fully saturated rings. The van der Waals surface area contributed by atoms with Gasteiger partial charge in [-0.2, -0.15) is 0 Å². The number of pyridine rings is 1. The van der Waals surface area contributed by atoms with Crippen molar-refractivity contribution < 1.29 is 14.3 Å². The Balaban J connectivity index is 2.68. The maximum absolute atomic E-state index is 11.5. The average Bonchev–Trinajstić information content (AvgIpc) is 2.29. The van der Waals surface area contributed by atoms with Crippen LogP contribution in [0.1, 0.15) is 40.7 Å². The Kier molecular flexibility index (Phi) is 4.92. The summed E-state index contributed by atoms with van der Waals surface area (Å²) < 4.78 is 4.95. The summed E-state index contributed by atoms with van der Waals surface area (Å²) in [4.78, 5) is 26.1. The first-order chi connectivity index (χ1) is 7.65. The van der Waals surface area contributed by atoms with E-state index in [1.165, 1.54) is 12.1 Å². The van der Waals surface area contributed by atoms with Crippen molar-refractivity contribution in [3.05, 3.63) is 29.6 Å². The van der Waals surface area contributed by atoms with Crippen LogP contribution in [0.3, 0.4) is 0 Å². The molecule has 5 heteroatoms. The third-order valence-corrected chi connectivity index (χ3v) is 2.08. The minimum absolute atomic E-state index is 0.0478. The van der Waals surface area contributed by atoms with Crippen LogP contribution in [0.4, 0.5) is 0 Å².